The van der Waals surface area contributed by atoms with Gasteiger partial charge in [0.05, 0.1) is 13.7 Å². The van der Waals surface area contributed by atoms with Crippen molar-refractivity contribution < 1.29 is 14.3 Å². The largest absolute Gasteiger partial charge is 0.497 e. The topological polar surface area (TPSA) is 79.0 Å². The molecule has 1 heterocycles. The highest BCUT2D eigenvalue weighted by Crippen LogP contribution is 2.23. The van der Waals surface area contributed by atoms with Crippen molar-refractivity contribution in [2.45, 2.75) is 32.8 Å². The molecule has 0 aliphatic heterocycles. The summed E-state index contributed by atoms with van der Waals surface area (Å²) in [7, 11) is 1.62. The Morgan fingerprint density at radius 2 is 2.04 bits per heavy atom. The average molecular weight is 522 g/mol. The van der Waals surface area contributed by atoms with E-state index in [0.29, 0.717) is 23.3 Å². The van der Waals surface area contributed by atoms with E-state index < -0.39 is 5.60 Å². The van der Waals surface area contributed by atoms with Gasteiger partial charge < -0.3 is 24.9 Å². The Morgan fingerprint density at radius 1 is 1.29 bits per heavy atom. The molecule has 1 aromatic heterocycles. The van der Waals surface area contributed by atoms with E-state index in [1.165, 1.54) is 0 Å². The third kappa shape index (κ3) is 7.18. The Kier molecular flexibility index (Phi) is 10.1. The molecule has 0 saturated carbocycles. The van der Waals surface area contributed by atoms with E-state index in [2.05, 4.69) is 15.6 Å². The van der Waals surface area contributed by atoms with Crippen LogP contribution in [0.5, 0.6) is 5.75 Å². The summed E-state index contributed by atoms with van der Waals surface area (Å²) < 4.78 is 10.7. The summed E-state index contributed by atoms with van der Waals surface area (Å²) in [6.07, 6.45) is 0.737. The standard InChI is InChI=1S/C20H28ClN3O3.HI/c1-5-22-19(24-13-20(3,25)18-9-6-14(2)27-18)23-11-10-15-7-8-16(26-4)12-17(15)21;/h6-9,12,25H,5,10-11,13H2,1-4H3,(H2,22,23,24);1H. The monoisotopic (exact) mass is 521 g/mol. The number of nitrogens with zero attached hydrogens (tertiary/aromatic N) is 1. The first kappa shape index (κ1) is 24.6. The van der Waals surface area contributed by atoms with Crippen LogP contribution in [0.25, 0.3) is 0 Å². The van der Waals surface area contributed by atoms with Gasteiger partial charge in [0.2, 0.25) is 0 Å². The van der Waals surface area contributed by atoms with Crippen LogP contribution in [0.15, 0.2) is 39.7 Å². The molecule has 0 aliphatic rings. The quantitative estimate of drug-likeness (QED) is 0.279. The number of benzene rings is 1. The van der Waals surface area contributed by atoms with Crippen LogP contribution in [-0.2, 0) is 12.0 Å². The highest BCUT2D eigenvalue weighted by Gasteiger charge is 2.26. The summed E-state index contributed by atoms with van der Waals surface area (Å²) in [6, 6.07) is 9.26. The molecule has 1 atom stereocenters. The molecule has 28 heavy (non-hydrogen) atoms. The number of ether oxygens (including phenoxy) is 1. The molecule has 3 N–H and O–H groups in total. The predicted molar refractivity (Wildman–Crippen MR) is 124 cm³/mol. The summed E-state index contributed by atoms with van der Waals surface area (Å²) >= 11 is 6.28. The lowest BCUT2D eigenvalue weighted by molar-refractivity contribution is 0.0428. The minimum absolute atomic E-state index is 0. The van der Waals surface area contributed by atoms with E-state index >= 15 is 0 Å². The second kappa shape index (κ2) is 11.5. The van der Waals surface area contributed by atoms with Crippen LogP contribution in [0, 0.1) is 6.92 Å². The number of hydrogen-bond acceptors (Lipinski definition) is 4. The van der Waals surface area contributed by atoms with E-state index in [9.17, 15) is 5.11 Å². The Bertz CT molecular complexity index is 778. The SMILES string of the molecule is CCNC(=NCC(C)(O)c1ccc(C)o1)NCCc1ccc(OC)cc1Cl.I. The fourth-order valence-corrected chi connectivity index (χ4v) is 2.82. The van der Waals surface area contributed by atoms with Gasteiger partial charge in [0.15, 0.2) is 5.96 Å². The van der Waals surface area contributed by atoms with E-state index in [1.54, 1.807) is 26.2 Å². The molecule has 1 aromatic carbocycles. The van der Waals surface area contributed by atoms with Crippen LogP contribution in [0.1, 0.15) is 30.9 Å². The minimum atomic E-state index is -1.17. The third-order valence-corrected chi connectivity index (χ3v) is 4.46. The molecule has 0 saturated heterocycles. The molecule has 0 fully saturated rings. The Morgan fingerprint density at radius 3 is 2.61 bits per heavy atom. The van der Waals surface area contributed by atoms with Crippen molar-refractivity contribution in [2.75, 3.05) is 26.7 Å². The zero-order chi connectivity index (χ0) is 19.9. The Labute approximate surface area is 188 Å². The smallest absolute Gasteiger partial charge is 0.191 e. The maximum absolute atomic E-state index is 10.6. The van der Waals surface area contributed by atoms with Crippen molar-refractivity contribution in [3.05, 3.63) is 52.4 Å². The van der Waals surface area contributed by atoms with Gasteiger partial charge in [-0.2, -0.15) is 0 Å². The first-order valence-electron chi connectivity index (χ1n) is 8.99. The highest BCUT2D eigenvalue weighted by atomic mass is 127. The zero-order valence-corrected chi connectivity index (χ0v) is 19.8. The van der Waals surface area contributed by atoms with Gasteiger partial charge >= 0.3 is 0 Å². The lowest BCUT2D eigenvalue weighted by atomic mass is 10.0. The van der Waals surface area contributed by atoms with Gasteiger partial charge in [-0.05, 0) is 57.0 Å². The van der Waals surface area contributed by atoms with Gasteiger partial charge in [0.25, 0.3) is 0 Å². The van der Waals surface area contributed by atoms with E-state index in [0.717, 1.165) is 30.0 Å². The molecule has 0 spiro atoms. The zero-order valence-electron chi connectivity index (χ0n) is 16.7. The summed E-state index contributed by atoms with van der Waals surface area (Å²) in [5.41, 5.74) is -0.144. The molecular weight excluding hydrogens is 493 g/mol. The second-order valence-electron chi connectivity index (χ2n) is 6.51. The van der Waals surface area contributed by atoms with Crippen LogP contribution in [0.4, 0.5) is 0 Å². The lowest BCUT2D eigenvalue weighted by Crippen LogP contribution is -2.39. The lowest BCUT2D eigenvalue weighted by Gasteiger charge is -2.19. The fraction of sp³-hybridized carbons (Fsp3) is 0.450. The van der Waals surface area contributed by atoms with Crippen molar-refractivity contribution in [3.8, 4) is 5.75 Å². The number of hydrogen-bond donors (Lipinski definition) is 3. The van der Waals surface area contributed by atoms with E-state index in [4.69, 9.17) is 20.8 Å². The summed E-state index contributed by atoms with van der Waals surface area (Å²) in [5.74, 6) is 2.63. The van der Waals surface area contributed by atoms with Gasteiger partial charge in [-0.25, -0.2) is 4.99 Å². The Hall–Kier alpha value is -1.45. The summed E-state index contributed by atoms with van der Waals surface area (Å²) in [4.78, 5) is 4.48. The number of rotatable bonds is 8. The van der Waals surface area contributed by atoms with E-state index in [-0.39, 0.29) is 30.5 Å². The Balaban J connectivity index is 0.00000392. The third-order valence-electron chi connectivity index (χ3n) is 4.11. The van der Waals surface area contributed by atoms with Crippen molar-refractivity contribution in [2.24, 2.45) is 4.99 Å². The van der Waals surface area contributed by atoms with Crippen molar-refractivity contribution in [1.82, 2.24) is 10.6 Å². The van der Waals surface area contributed by atoms with Gasteiger partial charge in [-0.3, -0.25) is 0 Å². The number of aliphatic imine (C=N–C) groups is 1. The highest BCUT2D eigenvalue weighted by molar-refractivity contribution is 14.0. The number of nitrogens with one attached hydrogen (secondary N) is 2. The summed E-state index contributed by atoms with van der Waals surface area (Å²) in [5, 5.41) is 17.7. The predicted octanol–water partition coefficient (Wildman–Crippen LogP) is 3.87. The van der Waals surface area contributed by atoms with Gasteiger partial charge in [0.1, 0.15) is 22.9 Å². The fourth-order valence-electron chi connectivity index (χ4n) is 2.55. The molecule has 0 bridgehead atoms. The van der Waals surface area contributed by atoms with Crippen LogP contribution in [0.3, 0.4) is 0 Å². The number of aryl methyl sites for hydroxylation is 1. The number of methoxy groups -OCH3 is 1. The molecule has 0 radical (unpaired) electrons. The molecule has 8 heteroatoms. The molecule has 0 amide bonds. The minimum Gasteiger partial charge on any atom is -0.497 e. The van der Waals surface area contributed by atoms with Gasteiger partial charge in [-0.1, -0.05) is 17.7 Å². The van der Waals surface area contributed by atoms with Crippen molar-refractivity contribution in [3.63, 3.8) is 0 Å². The average Bonchev–Trinajstić information content (AvgIpc) is 3.08. The molecule has 0 aliphatic carbocycles. The number of furan rings is 1. The molecular formula is C20H29ClIN3O3. The number of guanidine groups is 1. The maximum Gasteiger partial charge on any atom is 0.191 e. The van der Waals surface area contributed by atoms with E-state index in [1.807, 2.05) is 32.0 Å². The van der Waals surface area contributed by atoms with Crippen LogP contribution in [-0.4, -0.2) is 37.8 Å². The van der Waals surface area contributed by atoms with Crippen LogP contribution < -0.4 is 15.4 Å². The second-order valence-corrected chi connectivity index (χ2v) is 6.92. The number of aliphatic hydroxyl groups is 1. The maximum atomic E-state index is 10.6. The molecule has 2 aromatic rings. The molecule has 1 unspecified atom stereocenters. The van der Waals surface area contributed by atoms with Gasteiger partial charge in [-0.15, -0.1) is 24.0 Å². The first-order chi connectivity index (χ1) is 12.9. The normalized spacial score (nSPS) is 13.4. The first-order valence-corrected chi connectivity index (χ1v) is 9.37. The van der Waals surface area contributed by atoms with Crippen molar-refractivity contribution >= 4 is 41.5 Å². The summed E-state index contributed by atoms with van der Waals surface area (Å²) in [6.45, 7) is 7.08. The van der Waals surface area contributed by atoms with Crippen LogP contribution in [0.2, 0.25) is 5.02 Å². The van der Waals surface area contributed by atoms with Crippen molar-refractivity contribution in [1.29, 1.82) is 0 Å². The van der Waals surface area contributed by atoms with Gasteiger partial charge in [0, 0.05) is 18.1 Å². The molecule has 156 valence electrons. The molecule has 2 rings (SSSR count). The number of halogens is 2. The van der Waals surface area contributed by atoms with Crippen LogP contribution >= 0.6 is 35.6 Å². The molecule has 6 nitrogen and oxygen atoms in total.